The minimum absolute atomic E-state index is 0.105. The molecule has 5 aliphatic rings. The van der Waals surface area contributed by atoms with E-state index >= 15 is 0 Å². The van der Waals surface area contributed by atoms with Crippen LogP contribution in [0.4, 0.5) is 4.79 Å². The van der Waals surface area contributed by atoms with Crippen molar-refractivity contribution in [2.45, 2.75) is 90.7 Å². The van der Waals surface area contributed by atoms with Gasteiger partial charge in [-0.15, -0.1) is 0 Å². The van der Waals surface area contributed by atoms with Gasteiger partial charge in [0.15, 0.2) is 11.4 Å². The first kappa shape index (κ1) is 19.3. The minimum atomic E-state index is -0.969. The van der Waals surface area contributed by atoms with E-state index < -0.39 is 11.7 Å². The van der Waals surface area contributed by atoms with E-state index in [1.807, 2.05) is 19.9 Å². The molecule has 0 aromatic heterocycles. The molecule has 5 heteroatoms. The van der Waals surface area contributed by atoms with E-state index in [0.29, 0.717) is 30.6 Å². The summed E-state index contributed by atoms with van der Waals surface area (Å²) in [5.41, 5.74) is 0.227. The van der Waals surface area contributed by atoms with E-state index in [1.54, 1.807) is 0 Å². The van der Waals surface area contributed by atoms with Crippen LogP contribution in [0.1, 0.15) is 79.1 Å². The number of hydrogen-bond donors (Lipinski definition) is 0. The molecule has 0 aromatic carbocycles. The summed E-state index contributed by atoms with van der Waals surface area (Å²) < 4.78 is 5.98. The quantitative estimate of drug-likeness (QED) is 0.644. The number of carbonyl (C=O) groups excluding carboxylic acids is 3. The van der Waals surface area contributed by atoms with Gasteiger partial charge in [0.05, 0.1) is 0 Å². The van der Waals surface area contributed by atoms with E-state index in [4.69, 9.17) is 4.74 Å². The van der Waals surface area contributed by atoms with E-state index in [0.717, 1.165) is 38.5 Å². The molecule has 0 unspecified atom stereocenters. The van der Waals surface area contributed by atoms with Crippen molar-refractivity contribution in [1.29, 1.82) is 0 Å². The van der Waals surface area contributed by atoms with Gasteiger partial charge >= 0.3 is 6.09 Å². The lowest BCUT2D eigenvalue weighted by Crippen LogP contribution is -2.58. The predicted octanol–water partition coefficient (Wildman–Crippen LogP) is 4.64. The SMILES string of the molecule is CC(C)N1C(=O)O[C@@]2(CC[C@H]3[C@@H]4CCC5=CC(=O)CC[C@]5(C)[C@H]4CC[C@@]32C)C1=O. The predicted molar refractivity (Wildman–Crippen MR) is 108 cm³/mol. The lowest BCUT2D eigenvalue weighted by atomic mass is 9.46. The number of allylic oxidation sites excluding steroid dienone is 1. The molecule has 3 saturated carbocycles. The van der Waals surface area contributed by atoms with E-state index in [9.17, 15) is 14.4 Å². The number of rotatable bonds is 1. The monoisotopic (exact) mass is 399 g/mol. The van der Waals surface area contributed by atoms with Gasteiger partial charge in [0, 0.05) is 17.9 Å². The molecule has 0 radical (unpaired) electrons. The fourth-order valence-electron chi connectivity index (χ4n) is 8.04. The van der Waals surface area contributed by atoms with Crippen molar-refractivity contribution in [2.75, 3.05) is 0 Å². The van der Waals surface area contributed by atoms with E-state index in [2.05, 4.69) is 13.8 Å². The fraction of sp³-hybridized carbons (Fsp3) is 0.792. The Morgan fingerprint density at radius 3 is 2.41 bits per heavy atom. The van der Waals surface area contributed by atoms with Crippen molar-refractivity contribution >= 4 is 17.8 Å². The Balaban J connectivity index is 1.50. The Kier molecular flexibility index (Phi) is 3.96. The molecule has 1 heterocycles. The first-order chi connectivity index (χ1) is 13.6. The second-order valence-corrected chi connectivity index (χ2v) is 10.9. The lowest BCUT2D eigenvalue weighted by molar-refractivity contribution is -0.156. The van der Waals surface area contributed by atoms with Gasteiger partial charge < -0.3 is 4.74 Å². The molecule has 29 heavy (non-hydrogen) atoms. The topological polar surface area (TPSA) is 63.7 Å². The largest absolute Gasteiger partial charge is 0.432 e. The molecule has 6 atom stereocenters. The molecule has 2 amide bonds. The Labute approximate surface area is 173 Å². The normalized spacial score (nSPS) is 46.5. The number of ether oxygens (including phenoxy) is 1. The zero-order valence-corrected chi connectivity index (χ0v) is 18.1. The summed E-state index contributed by atoms with van der Waals surface area (Å²) in [5.74, 6) is 1.70. The fourth-order valence-corrected chi connectivity index (χ4v) is 8.04. The summed E-state index contributed by atoms with van der Waals surface area (Å²) in [5, 5.41) is 0. The van der Waals surface area contributed by atoms with Crippen molar-refractivity contribution in [3.05, 3.63) is 11.6 Å². The number of imide groups is 1. The Bertz CT molecular complexity index is 831. The maximum atomic E-state index is 13.5. The summed E-state index contributed by atoms with van der Waals surface area (Å²) in [6.45, 7) is 8.35. The van der Waals surface area contributed by atoms with Crippen molar-refractivity contribution in [1.82, 2.24) is 4.90 Å². The zero-order valence-electron chi connectivity index (χ0n) is 18.1. The number of carbonyl (C=O) groups is 3. The number of ketones is 1. The van der Waals surface area contributed by atoms with Gasteiger partial charge in [-0.05, 0) is 88.0 Å². The van der Waals surface area contributed by atoms with Crippen molar-refractivity contribution < 1.29 is 19.1 Å². The standard InChI is InChI=1S/C24H33NO4/c1-14(2)25-20(27)24(29-21(25)28)12-9-19-17-6-5-15-13-16(26)7-10-22(15,3)18(17)8-11-23(19,24)4/h13-14,17-19H,5-12H2,1-4H3/t17-,18+,19+,22+,23+,24+/m1/s1. The van der Waals surface area contributed by atoms with Crippen LogP contribution < -0.4 is 0 Å². The maximum absolute atomic E-state index is 13.5. The van der Waals surface area contributed by atoms with Crippen LogP contribution >= 0.6 is 0 Å². The van der Waals surface area contributed by atoms with E-state index in [1.165, 1.54) is 10.5 Å². The molecular formula is C24H33NO4. The average molecular weight is 400 g/mol. The summed E-state index contributed by atoms with van der Waals surface area (Å²) in [6.07, 6.45) is 8.76. The zero-order chi connectivity index (χ0) is 20.8. The van der Waals surface area contributed by atoms with Crippen molar-refractivity contribution in [2.24, 2.45) is 28.6 Å². The molecule has 1 aliphatic heterocycles. The van der Waals surface area contributed by atoms with Crippen LogP contribution in [0, 0.1) is 28.6 Å². The molecule has 0 bridgehead atoms. The number of hydrogen-bond acceptors (Lipinski definition) is 4. The molecule has 158 valence electrons. The summed E-state index contributed by atoms with van der Waals surface area (Å²) >= 11 is 0. The van der Waals surface area contributed by atoms with Crippen LogP contribution in [0.5, 0.6) is 0 Å². The summed E-state index contributed by atoms with van der Waals surface area (Å²) in [7, 11) is 0. The molecular weight excluding hydrogens is 366 g/mol. The average Bonchev–Trinajstić information content (AvgIpc) is 3.10. The van der Waals surface area contributed by atoms with E-state index in [-0.39, 0.29) is 28.6 Å². The van der Waals surface area contributed by atoms with Gasteiger partial charge in [0.25, 0.3) is 5.91 Å². The first-order valence-electron chi connectivity index (χ1n) is 11.4. The third-order valence-electron chi connectivity index (χ3n) is 9.62. The van der Waals surface area contributed by atoms with Crippen LogP contribution in [-0.2, 0) is 14.3 Å². The van der Waals surface area contributed by atoms with Crippen molar-refractivity contribution in [3.63, 3.8) is 0 Å². The van der Waals surface area contributed by atoms with Gasteiger partial charge in [0.2, 0.25) is 0 Å². The Morgan fingerprint density at radius 1 is 1.00 bits per heavy atom. The summed E-state index contributed by atoms with van der Waals surface area (Å²) in [4.78, 5) is 39.4. The smallest absolute Gasteiger partial charge is 0.417 e. The second kappa shape index (κ2) is 5.95. The molecule has 1 saturated heterocycles. The minimum Gasteiger partial charge on any atom is -0.432 e. The van der Waals surface area contributed by atoms with Gasteiger partial charge in [-0.2, -0.15) is 0 Å². The molecule has 4 aliphatic carbocycles. The molecule has 0 aromatic rings. The number of nitrogens with zero attached hydrogens (tertiary/aromatic N) is 1. The van der Waals surface area contributed by atoms with Crippen LogP contribution in [0.2, 0.25) is 0 Å². The Morgan fingerprint density at radius 2 is 1.72 bits per heavy atom. The van der Waals surface area contributed by atoms with Crippen LogP contribution in [0.15, 0.2) is 11.6 Å². The van der Waals surface area contributed by atoms with Gasteiger partial charge in [-0.1, -0.05) is 19.4 Å². The van der Waals surface area contributed by atoms with Crippen LogP contribution in [0.3, 0.4) is 0 Å². The maximum Gasteiger partial charge on any atom is 0.417 e. The molecule has 0 N–H and O–H groups in total. The third kappa shape index (κ3) is 2.25. The number of fused-ring (bicyclic) bond motifs is 6. The van der Waals surface area contributed by atoms with Gasteiger partial charge in [-0.3, -0.25) is 9.59 Å². The second-order valence-electron chi connectivity index (χ2n) is 10.9. The van der Waals surface area contributed by atoms with Gasteiger partial charge in [0.1, 0.15) is 0 Å². The van der Waals surface area contributed by atoms with Gasteiger partial charge in [-0.25, -0.2) is 9.69 Å². The third-order valence-corrected chi connectivity index (χ3v) is 9.62. The highest BCUT2D eigenvalue weighted by Gasteiger charge is 2.72. The van der Waals surface area contributed by atoms with Crippen LogP contribution in [-0.4, -0.2) is 34.3 Å². The highest BCUT2D eigenvalue weighted by molar-refractivity contribution is 6.04. The molecule has 4 fully saturated rings. The van der Waals surface area contributed by atoms with Crippen molar-refractivity contribution in [3.8, 4) is 0 Å². The first-order valence-corrected chi connectivity index (χ1v) is 11.4. The lowest BCUT2D eigenvalue weighted by Gasteiger charge is -2.58. The van der Waals surface area contributed by atoms with Crippen LogP contribution in [0.25, 0.3) is 0 Å². The highest BCUT2D eigenvalue weighted by atomic mass is 16.6. The molecule has 1 spiro atoms. The highest BCUT2D eigenvalue weighted by Crippen LogP contribution is 2.69. The number of amides is 2. The summed E-state index contributed by atoms with van der Waals surface area (Å²) in [6, 6.07) is -0.172. The Hall–Kier alpha value is -1.65. The molecule has 5 rings (SSSR count). The molecule has 5 nitrogen and oxygen atoms in total.